The van der Waals surface area contributed by atoms with Gasteiger partial charge in [0.15, 0.2) is 0 Å². The second-order valence-corrected chi connectivity index (χ2v) is 7.47. The van der Waals surface area contributed by atoms with Gasteiger partial charge in [0.25, 0.3) is 5.91 Å². The van der Waals surface area contributed by atoms with Crippen LogP contribution in [0.5, 0.6) is 0 Å². The number of nitrogens with zero attached hydrogens (tertiary/aromatic N) is 1. The van der Waals surface area contributed by atoms with Crippen LogP contribution in [-0.2, 0) is 11.3 Å². The summed E-state index contributed by atoms with van der Waals surface area (Å²) >= 11 is 0. The van der Waals surface area contributed by atoms with Crippen LogP contribution >= 0.6 is 0 Å². The van der Waals surface area contributed by atoms with Crippen molar-refractivity contribution < 1.29 is 14.3 Å². The molecule has 0 bridgehead atoms. The molecule has 2 amide bonds. The average Bonchev–Trinajstić information content (AvgIpc) is 2.64. The SMILES string of the molecule is CNC(=O)c1ccc(CN[C@@H](C)c2cnccc2NC(=O)OC(C)(C)C)cc1. The first-order chi connectivity index (χ1) is 13.2. The first kappa shape index (κ1) is 21.4. The predicted octanol–water partition coefficient (Wildman–Crippen LogP) is 3.64. The molecule has 2 aromatic rings. The molecule has 2 rings (SSSR count). The largest absolute Gasteiger partial charge is 0.444 e. The molecule has 1 aromatic carbocycles. The molecule has 0 saturated heterocycles. The molecule has 0 unspecified atom stereocenters. The zero-order valence-corrected chi connectivity index (χ0v) is 17.0. The molecule has 1 heterocycles. The molecule has 0 aliphatic heterocycles. The Bertz CT molecular complexity index is 813. The van der Waals surface area contributed by atoms with Crippen molar-refractivity contribution >= 4 is 17.7 Å². The van der Waals surface area contributed by atoms with Crippen LogP contribution in [0.15, 0.2) is 42.7 Å². The van der Waals surface area contributed by atoms with Crippen LogP contribution in [0.25, 0.3) is 0 Å². The minimum atomic E-state index is -0.567. The molecule has 1 atom stereocenters. The number of nitrogens with one attached hydrogen (secondary N) is 3. The number of rotatable bonds is 6. The molecule has 0 spiro atoms. The first-order valence-corrected chi connectivity index (χ1v) is 9.18. The molecule has 7 nitrogen and oxygen atoms in total. The topological polar surface area (TPSA) is 92.4 Å². The van der Waals surface area contributed by atoms with Gasteiger partial charge in [0.2, 0.25) is 0 Å². The first-order valence-electron chi connectivity index (χ1n) is 9.18. The summed E-state index contributed by atoms with van der Waals surface area (Å²) in [7, 11) is 1.61. The quantitative estimate of drug-likeness (QED) is 0.707. The molecule has 0 aliphatic rings. The molecule has 1 aromatic heterocycles. The van der Waals surface area contributed by atoms with Crippen LogP contribution in [0.1, 0.15) is 55.2 Å². The van der Waals surface area contributed by atoms with Crippen LogP contribution in [0.2, 0.25) is 0 Å². The molecule has 0 aliphatic carbocycles. The van der Waals surface area contributed by atoms with Crippen LogP contribution in [0, 0.1) is 0 Å². The van der Waals surface area contributed by atoms with E-state index < -0.39 is 11.7 Å². The van der Waals surface area contributed by atoms with Gasteiger partial charge >= 0.3 is 6.09 Å². The van der Waals surface area contributed by atoms with E-state index in [-0.39, 0.29) is 11.9 Å². The molecule has 7 heteroatoms. The van der Waals surface area contributed by atoms with Gasteiger partial charge in [-0.2, -0.15) is 0 Å². The zero-order chi connectivity index (χ0) is 20.7. The number of hydrogen-bond acceptors (Lipinski definition) is 5. The number of pyridine rings is 1. The molecule has 28 heavy (non-hydrogen) atoms. The van der Waals surface area contributed by atoms with E-state index in [9.17, 15) is 9.59 Å². The van der Waals surface area contributed by atoms with Crippen molar-refractivity contribution in [1.29, 1.82) is 0 Å². The number of benzene rings is 1. The average molecular weight is 384 g/mol. The molecule has 0 saturated carbocycles. The van der Waals surface area contributed by atoms with Crippen molar-refractivity contribution in [3.8, 4) is 0 Å². The monoisotopic (exact) mass is 384 g/mol. The third-order valence-electron chi connectivity index (χ3n) is 4.01. The van der Waals surface area contributed by atoms with Gasteiger partial charge in [-0.05, 0) is 51.5 Å². The highest BCUT2D eigenvalue weighted by Crippen LogP contribution is 2.23. The Morgan fingerprint density at radius 2 is 1.82 bits per heavy atom. The highest BCUT2D eigenvalue weighted by atomic mass is 16.6. The highest BCUT2D eigenvalue weighted by molar-refractivity contribution is 5.93. The van der Waals surface area contributed by atoms with E-state index in [1.807, 2.05) is 39.8 Å². The number of anilines is 1. The van der Waals surface area contributed by atoms with Crippen molar-refractivity contribution in [1.82, 2.24) is 15.6 Å². The lowest BCUT2D eigenvalue weighted by Gasteiger charge is -2.22. The van der Waals surface area contributed by atoms with E-state index in [4.69, 9.17) is 4.74 Å². The van der Waals surface area contributed by atoms with Crippen molar-refractivity contribution in [2.24, 2.45) is 0 Å². The number of carbonyl (C=O) groups is 2. The Hall–Kier alpha value is -2.93. The smallest absolute Gasteiger partial charge is 0.412 e. The summed E-state index contributed by atoms with van der Waals surface area (Å²) in [4.78, 5) is 27.9. The fourth-order valence-electron chi connectivity index (χ4n) is 2.58. The van der Waals surface area contributed by atoms with Gasteiger partial charge in [-0.25, -0.2) is 4.79 Å². The minimum absolute atomic E-state index is 0.0581. The maximum Gasteiger partial charge on any atom is 0.412 e. The minimum Gasteiger partial charge on any atom is -0.444 e. The highest BCUT2D eigenvalue weighted by Gasteiger charge is 2.18. The predicted molar refractivity (Wildman–Crippen MR) is 109 cm³/mol. The van der Waals surface area contributed by atoms with Crippen LogP contribution in [0.3, 0.4) is 0 Å². The lowest BCUT2D eigenvalue weighted by atomic mass is 10.1. The molecule has 150 valence electrons. The van der Waals surface area contributed by atoms with E-state index in [0.29, 0.717) is 17.8 Å². The fraction of sp³-hybridized carbons (Fsp3) is 0.381. The molecular formula is C21H28N4O3. The van der Waals surface area contributed by atoms with Gasteiger partial charge in [-0.1, -0.05) is 12.1 Å². The summed E-state index contributed by atoms with van der Waals surface area (Å²) in [6.45, 7) is 8.06. The van der Waals surface area contributed by atoms with Crippen LogP contribution < -0.4 is 16.0 Å². The van der Waals surface area contributed by atoms with Crippen LogP contribution in [-0.4, -0.2) is 29.6 Å². The van der Waals surface area contributed by atoms with E-state index in [1.54, 1.807) is 37.6 Å². The van der Waals surface area contributed by atoms with Crippen molar-refractivity contribution in [2.45, 2.75) is 45.9 Å². The summed E-state index contributed by atoms with van der Waals surface area (Å²) in [5.74, 6) is -0.110. The summed E-state index contributed by atoms with van der Waals surface area (Å²) in [5.41, 5.74) is 2.61. The van der Waals surface area contributed by atoms with Gasteiger partial charge in [0.1, 0.15) is 5.60 Å². The van der Waals surface area contributed by atoms with E-state index >= 15 is 0 Å². The Kier molecular flexibility index (Phi) is 7.12. The maximum atomic E-state index is 12.1. The number of hydrogen-bond donors (Lipinski definition) is 3. The standard InChI is InChI=1S/C21H28N4O3/c1-14(24-12-15-6-8-16(9-7-15)19(26)22-5)17-13-23-11-10-18(17)25-20(27)28-21(2,3)4/h6-11,13-14,24H,12H2,1-5H3,(H,22,26)(H,23,25,27)/t14-/m0/s1. The zero-order valence-electron chi connectivity index (χ0n) is 17.0. The second-order valence-electron chi connectivity index (χ2n) is 7.47. The van der Waals surface area contributed by atoms with Crippen molar-refractivity contribution in [3.05, 3.63) is 59.4 Å². The van der Waals surface area contributed by atoms with E-state index in [1.165, 1.54) is 0 Å². The van der Waals surface area contributed by atoms with Gasteiger partial charge in [-0.3, -0.25) is 15.1 Å². The van der Waals surface area contributed by atoms with Crippen molar-refractivity contribution in [3.63, 3.8) is 0 Å². The lowest BCUT2D eigenvalue weighted by Crippen LogP contribution is -2.28. The fourth-order valence-corrected chi connectivity index (χ4v) is 2.58. The molecular weight excluding hydrogens is 356 g/mol. The van der Waals surface area contributed by atoms with Crippen LogP contribution in [0.4, 0.5) is 10.5 Å². The second kappa shape index (κ2) is 9.32. The third kappa shape index (κ3) is 6.35. The summed E-state index contributed by atoms with van der Waals surface area (Å²) in [6.07, 6.45) is 2.84. The van der Waals surface area contributed by atoms with Crippen molar-refractivity contribution in [2.75, 3.05) is 12.4 Å². The van der Waals surface area contributed by atoms with Gasteiger partial charge < -0.3 is 15.4 Å². The number of ether oxygens (including phenoxy) is 1. The summed E-state index contributed by atoms with van der Waals surface area (Å²) in [6, 6.07) is 9.09. The Labute approximate surface area is 165 Å². The number of amides is 2. The van der Waals surface area contributed by atoms with E-state index in [0.717, 1.165) is 11.1 Å². The molecule has 0 fully saturated rings. The summed E-state index contributed by atoms with van der Waals surface area (Å²) in [5, 5.41) is 8.80. The Morgan fingerprint density at radius 3 is 2.43 bits per heavy atom. The lowest BCUT2D eigenvalue weighted by molar-refractivity contribution is 0.0635. The van der Waals surface area contributed by atoms with E-state index in [2.05, 4.69) is 20.9 Å². The molecule has 0 radical (unpaired) electrons. The maximum absolute atomic E-state index is 12.1. The summed E-state index contributed by atoms with van der Waals surface area (Å²) < 4.78 is 5.32. The Balaban J connectivity index is 2.01. The third-order valence-corrected chi connectivity index (χ3v) is 4.01. The van der Waals surface area contributed by atoms with Gasteiger partial charge in [-0.15, -0.1) is 0 Å². The number of carbonyl (C=O) groups excluding carboxylic acids is 2. The van der Waals surface area contributed by atoms with Gasteiger partial charge in [0.05, 0.1) is 5.69 Å². The van der Waals surface area contributed by atoms with Gasteiger partial charge in [0, 0.05) is 43.2 Å². The number of aromatic nitrogens is 1. The normalized spacial score (nSPS) is 12.2. The molecule has 3 N–H and O–H groups in total. The Morgan fingerprint density at radius 1 is 1.14 bits per heavy atom.